The zero-order chi connectivity index (χ0) is 19.0. The number of benzene rings is 2. The summed E-state index contributed by atoms with van der Waals surface area (Å²) in [7, 11) is 0. The standard InChI is InChI=1S/C22H27NO3/c1-20(2,3)23-19(24)18-15-22(26-21(18,4)25,16-11-7-5-8-12-16)17-13-9-6-10-14-17/h5-14,18,25H,15H2,1-4H3,(H,23,24). The van der Waals surface area contributed by atoms with E-state index in [9.17, 15) is 9.90 Å². The Labute approximate surface area is 155 Å². The van der Waals surface area contributed by atoms with Crippen LogP contribution in [0, 0.1) is 5.92 Å². The molecule has 1 heterocycles. The average Bonchev–Trinajstić information content (AvgIpc) is 2.88. The van der Waals surface area contributed by atoms with Crippen LogP contribution in [-0.4, -0.2) is 22.3 Å². The molecule has 0 bridgehead atoms. The van der Waals surface area contributed by atoms with Crippen LogP contribution in [0.25, 0.3) is 0 Å². The Kier molecular flexibility index (Phi) is 4.67. The fraction of sp³-hybridized carbons (Fsp3) is 0.409. The number of ether oxygens (including phenoxy) is 1. The second kappa shape index (κ2) is 6.53. The van der Waals surface area contributed by atoms with E-state index in [1.54, 1.807) is 6.92 Å². The molecular formula is C22H27NO3. The van der Waals surface area contributed by atoms with Gasteiger partial charge in [-0.2, -0.15) is 0 Å². The molecule has 1 fully saturated rings. The van der Waals surface area contributed by atoms with Gasteiger partial charge in [0.05, 0.1) is 5.92 Å². The molecule has 1 saturated heterocycles. The fourth-order valence-electron chi connectivity index (χ4n) is 3.67. The van der Waals surface area contributed by atoms with Crippen molar-refractivity contribution in [3.8, 4) is 0 Å². The number of carbonyl (C=O) groups is 1. The summed E-state index contributed by atoms with van der Waals surface area (Å²) in [6.45, 7) is 7.36. The molecule has 4 heteroatoms. The molecule has 26 heavy (non-hydrogen) atoms. The van der Waals surface area contributed by atoms with Gasteiger partial charge < -0.3 is 15.2 Å². The smallest absolute Gasteiger partial charge is 0.229 e. The van der Waals surface area contributed by atoms with E-state index in [4.69, 9.17) is 4.74 Å². The van der Waals surface area contributed by atoms with E-state index in [1.807, 2.05) is 81.4 Å². The summed E-state index contributed by atoms with van der Waals surface area (Å²) < 4.78 is 6.25. The van der Waals surface area contributed by atoms with Crippen molar-refractivity contribution in [3.63, 3.8) is 0 Å². The van der Waals surface area contributed by atoms with Crippen molar-refractivity contribution >= 4 is 5.91 Å². The first-order chi connectivity index (χ1) is 12.1. The van der Waals surface area contributed by atoms with Crippen LogP contribution in [-0.2, 0) is 15.1 Å². The Hall–Kier alpha value is -2.17. The van der Waals surface area contributed by atoms with Gasteiger partial charge in [-0.15, -0.1) is 0 Å². The van der Waals surface area contributed by atoms with Gasteiger partial charge >= 0.3 is 0 Å². The maximum Gasteiger partial charge on any atom is 0.229 e. The van der Waals surface area contributed by atoms with Crippen molar-refractivity contribution in [1.82, 2.24) is 5.32 Å². The van der Waals surface area contributed by atoms with E-state index in [-0.39, 0.29) is 11.4 Å². The molecular weight excluding hydrogens is 326 g/mol. The number of hydrogen-bond acceptors (Lipinski definition) is 3. The molecule has 0 aromatic heterocycles. The minimum Gasteiger partial charge on any atom is -0.365 e. The third kappa shape index (κ3) is 3.53. The lowest BCUT2D eigenvalue weighted by Gasteiger charge is -2.32. The van der Waals surface area contributed by atoms with Gasteiger partial charge in [0.2, 0.25) is 5.91 Å². The molecule has 3 rings (SSSR count). The number of hydrogen-bond donors (Lipinski definition) is 2. The van der Waals surface area contributed by atoms with Crippen LogP contribution < -0.4 is 5.32 Å². The molecule has 4 nitrogen and oxygen atoms in total. The van der Waals surface area contributed by atoms with Crippen LogP contribution in [0.3, 0.4) is 0 Å². The summed E-state index contributed by atoms with van der Waals surface area (Å²) in [5, 5.41) is 14.0. The van der Waals surface area contributed by atoms with E-state index < -0.39 is 17.3 Å². The van der Waals surface area contributed by atoms with Gasteiger partial charge in [0.15, 0.2) is 5.79 Å². The largest absolute Gasteiger partial charge is 0.365 e. The lowest BCUT2D eigenvalue weighted by atomic mass is 9.80. The summed E-state index contributed by atoms with van der Waals surface area (Å²) in [5.41, 5.74) is 0.610. The number of carbonyl (C=O) groups excluding carboxylic acids is 1. The van der Waals surface area contributed by atoms with E-state index in [2.05, 4.69) is 5.32 Å². The molecule has 2 aromatic rings. The Morgan fingerprint density at radius 2 is 1.50 bits per heavy atom. The normalized spacial score (nSPS) is 25.0. The predicted molar refractivity (Wildman–Crippen MR) is 101 cm³/mol. The van der Waals surface area contributed by atoms with Crippen molar-refractivity contribution in [1.29, 1.82) is 0 Å². The first kappa shape index (κ1) is 18.6. The highest BCUT2D eigenvalue weighted by Gasteiger charge is 2.57. The van der Waals surface area contributed by atoms with Gasteiger partial charge in [0.25, 0.3) is 0 Å². The van der Waals surface area contributed by atoms with E-state index >= 15 is 0 Å². The van der Waals surface area contributed by atoms with Crippen molar-refractivity contribution in [3.05, 3.63) is 71.8 Å². The zero-order valence-electron chi connectivity index (χ0n) is 15.8. The maximum absolute atomic E-state index is 12.9. The molecule has 138 valence electrons. The Morgan fingerprint density at radius 1 is 1.04 bits per heavy atom. The van der Waals surface area contributed by atoms with Crippen molar-refractivity contribution in [2.24, 2.45) is 5.92 Å². The highest BCUT2D eigenvalue weighted by Crippen LogP contribution is 2.51. The van der Waals surface area contributed by atoms with Crippen LogP contribution in [0.1, 0.15) is 45.2 Å². The SMILES string of the molecule is CC(C)(C)NC(=O)C1CC(c2ccccc2)(c2ccccc2)OC1(C)O. The Morgan fingerprint density at radius 3 is 1.92 bits per heavy atom. The summed E-state index contributed by atoms with van der Waals surface area (Å²) >= 11 is 0. The summed E-state index contributed by atoms with van der Waals surface area (Å²) in [4.78, 5) is 12.9. The molecule has 1 aliphatic heterocycles. The number of aliphatic hydroxyl groups is 1. The summed E-state index contributed by atoms with van der Waals surface area (Å²) in [6.07, 6.45) is 0.371. The molecule has 0 saturated carbocycles. The van der Waals surface area contributed by atoms with Crippen LogP contribution >= 0.6 is 0 Å². The molecule has 0 aliphatic carbocycles. The Balaban J connectivity index is 2.06. The fourth-order valence-corrected chi connectivity index (χ4v) is 3.67. The molecule has 2 unspecified atom stereocenters. The Bertz CT molecular complexity index is 723. The monoisotopic (exact) mass is 353 g/mol. The van der Waals surface area contributed by atoms with Gasteiger partial charge in [-0.05, 0) is 38.8 Å². The minimum atomic E-state index is -1.57. The van der Waals surface area contributed by atoms with E-state index in [0.29, 0.717) is 6.42 Å². The van der Waals surface area contributed by atoms with Gasteiger partial charge in [0, 0.05) is 12.0 Å². The highest BCUT2D eigenvalue weighted by atomic mass is 16.6. The van der Waals surface area contributed by atoms with Crippen LogP contribution in [0.15, 0.2) is 60.7 Å². The molecule has 2 atom stereocenters. The third-order valence-corrected chi connectivity index (χ3v) is 4.81. The number of amides is 1. The highest BCUT2D eigenvalue weighted by molar-refractivity contribution is 5.81. The minimum absolute atomic E-state index is 0.198. The van der Waals surface area contributed by atoms with Crippen molar-refractivity contribution in [2.45, 2.75) is 51.0 Å². The van der Waals surface area contributed by atoms with Gasteiger partial charge in [-0.3, -0.25) is 4.79 Å². The zero-order valence-corrected chi connectivity index (χ0v) is 15.8. The van der Waals surface area contributed by atoms with Gasteiger partial charge in [-0.1, -0.05) is 60.7 Å². The summed E-state index contributed by atoms with van der Waals surface area (Å²) in [6, 6.07) is 19.6. The van der Waals surface area contributed by atoms with Crippen molar-refractivity contribution in [2.75, 3.05) is 0 Å². The van der Waals surface area contributed by atoms with E-state index in [0.717, 1.165) is 11.1 Å². The first-order valence-electron chi connectivity index (χ1n) is 9.00. The van der Waals surface area contributed by atoms with Gasteiger partial charge in [-0.25, -0.2) is 0 Å². The average molecular weight is 353 g/mol. The number of rotatable bonds is 3. The lowest BCUT2D eigenvalue weighted by molar-refractivity contribution is -0.219. The molecule has 1 amide bonds. The second-order valence-electron chi connectivity index (χ2n) is 8.21. The van der Waals surface area contributed by atoms with Crippen molar-refractivity contribution < 1.29 is 14.6 Å². The van der Waals surface area contributed by atoms with Crippen LogP contribution in [0.4, 0.5) is 0 Å². The lowest BCUT2D eigenvalue weighted by Crippen LogP contribution is -2.48. The molecule has 0 radical (unpaired) electrons. The summed E-state index contributed by atoms with van der Waals surface area (Å²) in [5.74, 6) is -2.44. The molecule has 2 N–H and O–H groups in total. The van der Waals surface area contributed by atoms with Crippen LogP contribution in [0.5, 0.6) is 0 Å². The quantitative estimate of drug-likeness (QED) is 0.886. The van der Waals surface area contributed by atoms with Crippen LogP contribution in [0.2, 0.25) is 0 Å². The molecule has 1 aliphatic rings. The molecule has 2 aromatic carbocycles. The number of nitrogens with one attached hydrogen (secondary N) is 1. The molecule has 0 spiro atoms. The third-order valence-electron chi connectivity index (χ3n) is 4.81. The first-order valence-corrected chi connectivity index (χ1v) is 9.00. The predicted octanol–water partition coefficient (Wildman–Crippen LogP) is 3.59. The maximum atomic E-state index is 12.9. The van der Waals surface area contributed by atoms with E-state index in [1.165, 1.54) is 0 Å². The van der Waals surface area contributed by atoms with Gasteiger partial charge in [0.1, 0.15) is 5.60 Å². The topological polar surface area (TPSA) is 58.6 Å². The second-order valence-corrected chi connectivity index (χ2v) is 8.21.